The number of rotatable bonds is 1. The van der Waals surface area contributed by atoms with E-state index in [1.807, 2.05) is 6.07 Å². The second-order valence-electron chi connectivity index (χ2n) is 5.74. The predicted octanol–water partition coefficient (Wildman–Crippen LogP) is 1.61. The molecule has 2 aliphatic rings. The Morgan fingerprint density at radius 2 is 1.87 bits per heavy atom. The summed E-state index contributed by atoms with van der Waals surface area (Å²) in [6.07, 6.45) is -0.398. The van der Waals surface area contributed by atoms with Gasteiger partial charge in [0.1, 0.15) is 6.04 Å². The summed E-state index contributed by atoms with van der Waals surface area (Å²) in [5.74, 6) is -0.408. The zero-order chi connectivity index (χ0) is 16.1. The fourth-order valence-electron chi connectivity index (χ4n) is 3.44. The van der Waals surface area contributed by atoms with Crippen LogP contribution in [0, 0.1) is 11.3 Å². The topological polar surface area (TPSA) is 84.6 Å². The Labute approximate surface area is 132 Å². The predicted molar refractivity (Wildman–Crippen MR) is 82.7 cm³/mol. The molecule has 0 saturated carbocycles. The number of aliphatic hydroxyl groups excluding tert-OH is 1. The number of anilines is 1. The summed E-state index contributed by atoms with van der Waals surface area (Å²) in [7, 11) is 0. The van der Waals surface area contributed by atoms with Crippen molar-refractivity contribution in [1.82, 2.24) is 4.90 Å². The van der Waals surface area contributed by atoms with Gasteiger partial charge in [-0.25, -0.2) is 9.69 Å². The lowest BCUT2D eigenvalue weighted by molar-refractivity contribution is -0.121. The fourth-order valence-corrected chi connectivity index (χ4v) is 3.44. The van der Waals surface area contributed by atoms with Crippen LogP contribution in [-0.2, 0) is 4.79 Å². The summed E-state index contributed by atoms with van der Waals surface area (Å²) in [6.45, 7) is 0.376. The number of aliphatic hydroxyl groups is 1. The van der Waals surface area contributed by atoms with Gasteiger partial charge in [0.2, 0.25) is 0 Å². The minimum atomic E-state index is -0.818. The maximum Gasteiger partial charge on any atom is 0.332 e. The number of benzene rings is 2. The minimum Gasteiger partial charge on any atom is -0.390 e. The average molecular weight is 307 g/mol. The van der Waals surface area contributed by atoms with Crippen molar-refractivity contribution in [1.29, 1.82) is 5.26 Å². The number of carbonyl (C=O) groups is 2. The van der Waals surface area contributed by atoms with Crippen molar-refractivity contribution in [2.45, 2.75) is 18.6 Å². The maximum atomic E-state index is 12.6. The van der Waals surface area contributed by atoms with Gasteiger partial charge in [0.25, 0.3) is 5.91 Å². The number of imide groups is 1. The smallest absolute Gasteiger partial charge is 0.332 e. The lowest BCUT2D eigenvalue weighted by Crippen LogP contribution is -2.36. The Balaban J connectivity index is 1.89. The molecule has 2 fully saturated rings. The Hall–Kier alpha value is -2.91. The molecule has 2 atom stereocenters. The number of carbonyl (C=O) groups excluding carboxylic acids is 2. The van der Waals surface area contributed by atoms with Gasteiger partial charge in [0.05, 0.1) is 23.4 Å². The SMILES string of the molecule is N#Cc1ccc(N2C(=O)[C@H]3[C@@H](O)CCN3C2=O)c2ccccc12. The van der Waals surface area contributed by atoms with E-state index in [-0.39, 0.29) is 0 Å². The molecule has 3 amide bonds. The molecule has 2 aromatic rings. The van der Waals surface area contributed by atoms with E-state index in [0.29, 0.717) is 35.0 Å². The Bertz CT molecular complexity index is 886. The summed E-state index contributed by atoms with van der Waals surface area (Å²) < 4.78 is 0. The van der Waals surface area contributed by atoms with Crippen molar-refractivity contribution < 1.29 is 14.7 Å². The number of hydrogen-bond acceptors (Lipinski definition) is 4. The first-order chi connectivity index (χ1) is 11.1. The van der Waals surface area contributed by atoms with Crippen molar-refractivity contribution in [3.05, 3.63) is 42.0 Å². The van der Waals surface area contributed by atoms with Crippen LogP contribution in [0.15, 0.2) is 36.4 Å². The monoisotopic (exact) mass is 307 g/mol. The number of fused-ring (bicyclic) bond motifs is 2. The van der Waals surface area contributed by atoms with Gasteiger partial charge in [-0.3, -0.25) is 4.79 Å². The minimum absolute atomic E-state index is 0.376. The Morgan fingerprint density at radius 3 is 2.57 bits per heavy atom. The van der Waals surface area contributed by atoms with Crippen LogP contribution in [0.2, 0.25) is 0 Å². The molecule has 2 heterocycles. The molecular weight excluding hydrogens is 294 g/mol. The lowest BCUT2D eigenvalue weighted by Gasteiger charge is -2.18. The molecule has 6 nitrogen and oxygen atoms in total. The fraction of sp³-hybridized carbons (Fsp3) is 0.235. The highest BCUT2D eigenvalue weighted by Gasteiger charge is 2.52. The third-order valence-electron chi connectivity index (χ3n) is 4.54. The van der Waals surface area contributed by atoms with Crippen LogP contribution in [0.1, 0.15) is 12.0 Å². The maximum absolute atomic E-state index is 12.6. The number of nitrogens with zero attached hydrogens (tertiary/aromatic N) is 3. The van der Waals surface area contributed by atoms with Crippen LogP contribution in [0.3, 0.4) is 0 Å². The zero-order valence-corrected chi connectivity index (χ0v) is 12.1. The van der Waals surface area contributed by atoms with E-state index < -0.39 is 24.1 Å². The lowest BCUT2D eigenvalue weighted by atomic mass is 10.0. The molecule has 0 radical (unpaired) electrons. The molecule has 0 aliphatic carbocycles. The van der Waals surface area contributed by atoms with Gasteiger partial charge in [-0.1, -0.05) is 24.3 Å². The van der Waals surface area contributed by atoms with Gasteiger partial charge in [0.15, 0.2) is 0 Å². The first-order valence-electron chi connectivity index (χ1n) is 7.38. The molecule has 23 heavy (non-hydrogen) atoms. The van der Waals surface area contributed by atoms with Crippen molar-refractivity contribution in [3.8, 4) is 6.07 Å². The molecule has 2 aromatic carbocycles. The second-order valence-corrected chi connectivity index (χ2v) is 5.74. The third-order valence-corrected chi connectivity index (χ3v) is 4.54. The van der Waals surface area contributed by atoms with E-state index in [1.54, 1.807) is 30.3 Å². The van der Waals surface area contributed by atoms with E-state index in [1.165, 1.54) is 4.90 Å². The highest BCUT2D eigenvalue weighted by Crippen LogP contribution is 2.36. The molecule has 4 rings (SSSR count). The van der Waals surface area contributed by atoms with Crippen molar-refractivity contribution in [3.63, 3.8) is 0 Å². The summed E-state index contributed by atoms with van der Waals surface area (Å²) >= 11 is 0. The summed E-state index contributed by atoms with van der Waals surface area (Å²) in [5, 5.41) is 20.6. The molecule has 2 saturated heterocycles. The van der Waals surface area contributed by atoms with Crippen molar-refractivity contribution in [2.75, 3.05) is 11.4 Å². The van der Waals surface area contributed by atoms with Crippen LogP contribution in [0.25, 0.3) is 10.8 Å². The van der Waals surface area contributed by atoms with Gasteiger partial charge in [-0.15, -0.1) is 0 Å². The van der Waals surface area contributed by atoms with E-state index in [0.717, 1.165) is 4.90 Å². The second kappa shape index (κ2) is 4.80. The Morgan fingerprint density at radius 1 is 1.13 bits per heavy atom. The van der Waals surface area contributed by atoms with Crippen LogP contribution < -0.4 is 4.90 Å². The van der Waals surface area contributed by atoms with Crippen LogP contribution in [0.5, 0.6) is 0 Å². The van der Waals surface area contributed by atoms with Gasteiger partial charge in [-0.05, 0) is 18.6 Å². The standard InChI is InChI=1S/C17H13N3O3/c18-9-10-5-6-13(12-4-2-1-3-11(10)12)20-16(22)15-14(21)7-8-19(15)17(20)23/h1-6,14-15,21H,7-8H2/t14-,15+/m0/s1. The van der Waals surface area contributed by atoms with Crippen molar-refractivity contribution >= 4 is 28.4 Å². The average Bonchev–Trinajstić information content (AvgIpc) is 3.07. The highest BCUT2D eigenvalue weighted by molar-refractivity contribution is 6.25. The quantitative estimate of drug-likeness (QED) is 0.811. The molecule has 0 aromatic heterocycles. The van der Waals surface area contributed by atoms with E-state index in [4.69, 9.17) is 0 Å². The zero-order valence-electron chi connectivity index (χ0n) is 12.1. The molecular formula is C17H13N3O3. The van der Waals surface area contributed by atoms with E-state index in [2.05, 4.69) is 6.07 Å². The first kappa shape index (κ1) is 13.7. The molecule has 0 unspecified atom stereocenters. The number of hydrogen-bond donors (Lipinski definition) is 1. The molecule has 6 heteroatoms. The molecule has 114 valence electrons. The van der Waals surface area contributed by atoms with Crippen LogP contribution >= 0.6 is 0 Å². The first-order valence-corrected chi connectivity index (χ1v) is 7.38. The van der Waals surface area contributed by atoms with E-state index in [9.17, 15) is 20.0 Å². The summed E-state index contributed by atoms with van der Waals surface area (Å²) in [5.41, 5.74) is 0.945. The largest absolute Gasteiger partial charge is 0.390 e. The third kappa shape index (κ3) is 1.77. The van der Waals surface area contributed by atoms with Crippen LogP contribution in [-0.4, -0.2) is 40.6 Å². The molecule has 0 bridgehead atoms. The highest BCUT2D eigenvalue weighted by atomic mass is 16.3. The summed E-state index contributed by atoms with van der Waals surface area (Å²) in [6, 6.07) is 11.3. The Kier molecular flexibility index (Phi) is 2.86. The molecule has 2 aliphatic heterocycles. The normalized spacial score (nSPS) is 23.5. The van der Waals surface area contributed by atoms with Gasteiger partial charge in [-0.2, -0.15) is 5.26 Å². The van der Waals surface area contributed by atoms with Gasteiger partial charge >= 0.3 is 6.03 Å². The summed E-state index contributed by atoms with van der Waals surface area (Å²) in [4.78, 5) is 27.8. The van der Waals surface area contributed by atoms with Gasteiger partial charge < -0.3 is 10.0 Å². The van der Waals surface area contributed by atoms with Crippen molar-refractivity contribution in [2.24, 2.45) is 0 Å². The number of nitriles is 1. The number of urea groups is 1. The van der Waals surface area contributed by atoms with E-state index >= 15 is 0 Å². The molecule has 0 spiro atoms. The number of amides is 3. The van der Waals surface area contributed by atoms with Gasteiger partial charge in [0, 0.05) is 17.3 Å². The van der Waals surface area contributed by atoms with Crippen LogP contribution in [0.4, 0.5) is 10.5 Å². The molecule has 1 N–H and O–H groups in total.